The van der Waals surface area contributed by atoms with E-state index in [4.69, 9.17) is 4.98 Å². The molecule has 1 atom stereocenters. The predicted octanol–water partition coefficient (Wildman–Crippen LogP) is 4.58. The van der Waals surface area contributed by atoms with Gasteiger partial charge < -0.3 is 0 Å². The second kappa shape index (κ2) is 9.68. The SMILES string of the molecule is Cc1ccccc1CN1CCc2nc3cc([C@H]4CCCN(Cc5ccccc5C)C4)[nH]n3c(=O)c2C1. The summed E-state index contributed by atoms with van der Waals surface area (Å²) in [7, 11) is 0. The summed E-state index contributed by atoms with van der Waals surface area (Å²) in [5, 5.41) is 3.45. The molecule has 2 aromatic heterocycles. The predicted molar refractivity (Wildman–Crippen MR) is 143 cm³/mol. The number of hydrogen-bond donors (Lipinski definition) is 1. The summed E-state index contributed by atoms with van der Waals surface area (Å²) in [6.07, 6.45) is 3.12. The lowest BCUT2D eigenvalue weighted by Crippen LogP contribution is -2.36. The zero-order chi connectivity index (χ0) is 24.6. The standard InChI is InChI=1S/C30H35N5O/c1-21-8-3-5-10-23(21)17-33-14-7-12-25(19-33)28-16-29-31-27-13-15-34(18-24-11-6-4-9-22(24)2)20-26(27)30(36)35(29)32-28/h3-6,8-11,16,25,32H,7,12-15,17-20H2,1-2H3/t25-/m0/s1. The van der Waals surface area contributed by atoms with E-state index < -0.39 is 0 Å². The number of likely N-dealkylation sites (tertiary alicyclic amines) is 1. The van der Waals surface area contributed by atoms with Gasteiger partial charge in [0.1, 0.15) is 0 Å². The van der Waals surface area contributed by atoms with Crippen LogP contribution in [0.15, 0.2) is 59.4 Å². The molecular weight excluding hydrogens is 446 g/mol. The molecule has 6 heteroatoms. The van der Waals surface area contributed by atoms with E-state index in [0.717, 1.165) is 68.2 Å². The highest BCUT2D eigenvalue weighted by molar-refractivity contribution is 5.43. The van der Waals surface area contributed by atoms with E-state index in [-0.39, 0.29) is 5.56 Å². The van der Waals surface area contributed by atoms with Crippen molar-refractivity contribution in [3.8, 4) is 0 Å². The third kappa shape index (κ3) is 4.51. The highest BCUT2D eigenvalue weighted by Crippen LogP contribution is 2.28. The molecule has 186 valence electrons. The van der Waals surface area contributed by atoms with Gasteiger partial charge in [-0.1, -0.05) is 48.5 Å². The van der Waals surface area contributed by atoms with E-state index in [1.165, 1.54) is 28.7 Å². The number of rotatable bonds is 5. The van der Waals surface area contributed by atoms with Crippen molar-refractivity contribution in [2.45, 2.75) is 58.7 Å². The van der Waals surface area contributed by atoms with Crippen LogP contribution < -0.4 is 5.56 Å². The summed E-state index contributed by atoms with van der Waals surface area (Å²) in [5.74, 6) is 0.387. The number of nitrogens with one attached hydrogen (secondary N) is 1. The number of benzene rings is 2. The number of aromatic amines is 1. The molecular formula is C30H35N5O. The third-order valence-electron chi connectivity index (χ3n) is 8.12. The fraction of sp³-hybridized carbons (Fsp3) is 0.400. The van der Waals surface area contributed by atoms with Crippen molar-refractivity contribution in [1.82, 2.24) is 24.4 Å². The monoisotopic (exact) mass is 481 g/mol. The number of piperidine rings is 1. The fourth-order valence-corrected chi connectivity index (χ4v) is 5.91. The quantitative estimate of drug-likeness (QED) is 0.453. The van der Waals surface area contributed by atoms with Gasteiger partial charge >= 0.3 is 0 Å². The number of fused-ring (bicyclic) bond motifs is 2. The molecule has 6 rings (SSSR count). The maximum absolute atomic E-state index is 13.5. The summed E-state index contributed by atoms with van der Waals surface area (Å²) in [4.78, 5) is 23.4. The molecule has 2 aliphatic heterocycles. The molecule has 2 aliphatic rings. The highest BCUT2D eigenvalue weighted by Gasteiger charge is 2.26. The highest BCUT2D eigenvalue weighted by atomic mass is 16.1. The Bertz CT molecular complexity index is 1450. The first kappa shape index (κ1) is 23.2. The Morgan fingerprint density at radius 1 is 0.944 bits per heavy atom. The summed E-state index contributed by atoms with van der Waals surface area (Å²) in [5.41, 5.74) is 9.13. The maximum Gasteiger partial charge on any atom is 0.277 e. The summed E-state index contributed by atoms with van der Waals surface area (Å²) < 4.78 is 1.69. The lowest BCUT2D eigenvalue weighted by atomic mass is 9.94. The lowest BCUT2D eigenvalue weighted by molar-refractivity contribution is 0.198. The maximum atomic E-state index is 13.5. The summed E-state index contributed by atoms with van der Waals surface area (Å²) >= 11 is 0. The average Bonchev–Trinajstić information content (AvgIpc) is 3.32. The minimum Gasteiger partial charge on any atom is -0.298 e. The van der Waals surface area contributed by atoms with E-state index in [1.807, 2.05) is 0 Å². The molecule has 36 heavy (non-hydrogen) atoms. The topological polar surface area (TPSA) is 56.6 Å². The average molecular weight is 482 g/mol. The van der Waals surface area contributed by atoms with Crippen LogP contribution in [0.4, 0.5) is 0 Å². The largest absolute Gasteiger partial charge is 0.298 e. The van der Waals surface area contributed by atoms with Crippen LogP contribution in [0, 0.1) is 13.8 Å². The Balaban J connectivity index is 1.22. The molecule has 0 saturated carbocycles. The second-order valence-corrected chi connectivity index (χ2v) is 10.6. The Kier molecular flexibility index (Phi) is 6.23. The van der Waals surface area contributed by atoms with Crippen molar-refractivity contribution >= 4 is 5.65 Å². The van der Waals surface area contributed by atoms with Gasteiger partial charge in [0, 0.05) is 56.8 Å². The van der Waals surface area contributed by atoms with E-state index in [2.05, 4.69) is 83.3 Å². The molecule has 0 unspecified atom stereocenters. The van der Waals surface area contributed by atoms with Crippen LogP contribution in [0.3, 0.4) is 0 Å². The normalized spacial score (nSPS) is 19.0. The van der Waals surface area contributed by atoms with Crippen molar-refractivity contribution in [3.05, 3.63) is 104 Å². The molecule has 1 fully saturated rings. The summed E-state index contributed by atoms with van der Waals surface area (Å²) in [6.45, 7) is 9.89. The fourth-order valence-electron chi connectivity index (χ4n) is 5.91. The molecule has 0 amide bonds. The van der Waals surface area contributed by atoms with Crippen molar-refractivity contribution in [3.63, 3.8) is 0 Å². The van der Waals surface area contributed by atoms with Gasteiger partial charge in [-0.25, -0.2) is 9.50 Å². The number of aromatic nitrogens is 3. The molecule has 4 heterocycles. The van der Waals surface area contributed by atoms with E-state index >= 15 is 0 Å². The first-order chi connectivity index (χ1) is 17.5. The first-order valence-corrected chi connectivity index (χ1v) is 13.2. The zero-order valence-electron chi connectivity index (χ0n) is 21.3. The van der Waals surface area contributed by atoms with Crippen molar-refractivity contribution in [2.24, 2.45) is 0 Å². The smallest absolute Gasteiger partial charge is 0.277 e. The minimum absolute atomic E-state index is 0.0586. The van der Waals surface area contributed by atoms with E-state index in [9.17, 15) is 4.79 Å². The Morgan fingerprint density at radius 2 is 1.64 bits per heavy atom. The van der Waals surface area contributed by atoms with Crippen molar-refractivity contribution < 1.29 is 0 Å². The number of H-pyrrole nitrogens is 1. The second-order valence-electron chi connectivity index (χ2n) is 10.6. The van der Waals surface area contributed by atoms with Gasteiger partial charge in [-0.05, 0) is 55.5 Å². The van der Waals surface area contributed by atoms with Crippen LogP contribution in [-0.2, 0) is 26.1 Å². The first-order valence-electron chi connectivity index (χ1n) is 13.2. The van der Waals surface area contributed by atoms with E-state index in [0.29, 0.717) is 12.5 Å². The van der Waals surface area contributed by atoms with Gasteiger partial charge in [-0.2, -0.15) is 0 Å². The Labute approximate surface area is 212 Å². The van der Waals surface area contributed by atoms with Crippen LogP contribution in [0.2, 0.25) is 0 Å². The molecule has 0 aliphatic carbocycles. The number of nitrogens with zero attached hydrogens (tertiary/aromatic N) is 4. The van der Waals surface area contributed by atoms with Crippen LogP contribution in [0.25, 0.3) is 5.65 Å². The van der Waals surface area contributed by atoms with E-state index in [1.54, 1.807) is 4.52 Å². The Hall–Kier alpha value is -3.22. The van der Waals surface area contributed by atoms with Gasteiger partial charge in [-0.3, -0.25) is 19.7 Å². The molecule has 1 N–H and O–H groups in total. The number of aryl methyl sites for hydroxylation is 2. The zero-order valence-corrected chi connectivity index (χ0v) is 21.3. The third-order valence-corrected chi connectivity index (χ3v) is 8.12. The van der Waals surface area contributed by atoms with Gasteiger partial charge in [0.05, 0.1) is 11.3 Å². The molecule has 0 bridgehead atoms. The molecule has 2 aromatic carbocycles. The molecule has 4 aromatic rings. The molecule has 1 saturated heterocycles. The summed E-state index contributed by atoms with van der Waals surface area (Å²) in [6, 6.07) is 19.3. The molecule has 6 nitrogen and oxygen atoms in total. The number of hydrogen-bond acceptors (Lipinski definition) is 4. The lowest BCUT2D eigenvalue weighted by Gasteiger charge is -2.32. The minimum atomic E-state index is 0.0586. The van der Waals surface area contributed by atoms with Crippen molar-refractivity contribution in [2.75, 3.05) is 19.6 Å². The molecule has 0 spiro atoms. The van der Waals surface area contributed by atoms with Crippen molar-refractivity contribution in [1.29, 1.82) is 0 Å². The van der Waals surface area contributed by atoms with Crippen LogP contribution >= 0.6 is 0 Å². The van der Waals surface area contributed by atoms with Crippen LogP contribution in [0.1, 0.15) is 58.0 Å². The van der Waals surface area contributed by atoms with Gasteiger partial charge in [-0.15, -0.1) is 0 Å². The molecule has 0 radical (unpaired) electrons. The van der Waals surface area contributed by atoms with Gasteiger partial charge in [0.2, 0.25) is 0 Å². The van der Waals surface area contributed by atoms with Gasteiger partial charge in [0.25, 0.3) is 5.56 Å². The van der Waals surface area contributed by atoms with Gasteiger partial charge in [0.15, 0.2) is 5.65 Å². The van der Waals surface area contributed by atoms with Crippen LogP contribution in [-0.4, -0.2) is 44.0 Å². The Morgan fingerprint density at radius 3 is 2.36 bits per heavy atom. The van der Waals surface area contributed by atoms with Crippen LogP contribution in [0.5, 0.6) is 0 Å².